The Morgan fingerprint density at radius 2 is 1.41 bits per heavy atom. The Kier molecular flexibility index (Phi) is 11.1. The summed E-state index contributed by atoms with van der Waals surface area (Å²) in [4.78, 5) is 29.1. The van der Waals surface area contributed by atoms with E-state index in [-0.39, 0.29) is 24.8 Å². The molecule has 0 saturated heterocycles. The number of hydrogen-bond acceptors (Lipinski definition) is 4. The molecule has 3 aromatic carbocycles. The zero-order valence-corrected chi connectivity index (χ0v) is 26.2. The van der Waals surface area contributed by atoms with Gasteiger partial charge in [-0.2, -0.15) is 0 Å². The third kappa shape index (κ3) is 9.47. The first-order valence-electron chi connectivity index (χ1n) is 12.5. The van der Waals surface area contributed by atoms with Crippen molar-refractivity contribution in [1.82, 2.24) is 10.2 Å². The molecule has 0 heterocycles. The highest BCUT2D eigenvalue weighted by atomic mass is 79.9. The molecule has 0 aliphatic heterocycles. The van der Waals surface area contributed by atoms with Crippen LogP contribution in [-0.4, -0.2) is 50.5 Å². The predicted molar refractivity (Wildman–Crippen MR) is 163 cm³/mol. The molecule has 0 aromatic heterocycles. The van der Waals surface area contributed by atoms with Crippen LogP contribution in [0, 0.1) is 5.92 Å². The summed E-state index contributed by atoms with van der Waals surface area (Å²) < 4.78 is 28.3. The lowest BCUT2D eigenvalue weighted by atomic mass is 10.0. The monoisotopic (exact) mass is 677 g/mol. The van der Waals surface area contributed by atoms with Gasteiger partial charge in [0, 0.05) is 28.5 Å². The maximum atomic E-state index is 14.0. The number of rotatable bonds is 12. The van der Waals surface area contributed by atoms with Crippen LogP contribution < -0.4 is 9.62 Å². The molecular weight excluding hydrogens is 646 g/mol. The van der Waals surface area contributed by atoms with Crippen molar-refractivity contribution in [2.45, 2.75) is 32.9 Å². The number of amides is 2. The van der Waals surface area contributed by atoms with Gasteiger partial charge in [0.05, 0.1) is 11.9 Å². The molecule has 0 saturated carbocycles. The highest BCUT2D eigenvalue weighted by molar-refractivity contribution is 9.10. The molecule has 0 fully saturated rings. The fraction of sp³-hybridized carbons (Fsp3) is 0.310. The highest BCUT2D eigenvalue weighted by Gasteiger charge is 2.33. The second kappa shape index (κ2) is 14.1. The molecule has 0 radical (unpaired) electrons. The number of nitrogens with one attached hydrogen (secondary N) is 1. The van der Waals surface area contributed by atoms with Crippen LogP contribution in [0.1, 0.15) is 25.0 Å². The van der Waals surface area contributed by atoms with E-state index in [4.69, 9.17) is 0 Å². The van der Waals surface area contributed by atoms with E-state index in [0.29, 0.717) is 12.2 Å². The predicted octanol–water partition coefficient (Wildman–Crippen LogP) is 5.39. The minimum Gasteiger partial charge on any atom is -0.354 e. The molecule has 1 atom stereocenters. The minimum atomic E-state index is -3.80. The van der Waals surface area contributed by atoms with Gasteiger partial charge in [0.25, 0.3) is 0 Å². The Labute approximate surface area is 247 Å². The van der Waals surface area contributed by atoms with Crippen molar-refractivity contribution in [3.8, 4) is 0 Å². The van der Waals surface area contributed by atoms with E-state index in [1.54, 1.807) is 24.3 Å². The number of anilines is 1. The van der Waals surface area contributed by atoms with Gasteiger partial charge in [0.1, 0.15) is 12.6 Å². The maximum absolute atomic E-state index is 14.0. The Morgan fingerprint density at radius 1 is 0.846 bits per heavy atom. The third-order valence-electron chi connectivity index (χ3n) is 6.02. The van der Waals surface area contributed by atoms with Crippen molar-refractivity contribution in [3.63, 3.8) is 0 Å². The zero-order chi connectivity index (χ0) is 28.6. The number of carbonyl (C=O) groups is 2. The van der Waals surface area contributed by atoms with Crippen LogP contribution in [0.25, 0.3) is 0 Å². The summed E-state index contributed by atoms with van der Waals surface area (Å²) in [5.74, 6) is -0.542. The van der Waals surface area contributed by atoms with E-state index < -0.39 is 28.5 Å². The number of sulfonamides is 1. The first-order chi connectivity index (χ1) is 18.4. The summed E-state index contributed by atoms with van der Waals surface area (Å²) in [7, 11) is -3.80. The zero-order valence-electron chi connectivity index (χ0n) is 22.2. The maximum Gasteiger partial charge on any atom is 0.244 e. The van der Waals surface area contributed by atoms with Gasteiger partial charge in [-0.15, -0.1) is 0 Å². The molecule has 39 heavy (non-hydrogen) atoms. The molecule has 7 nitrogen and oxygen atoms in total. The molecule has 0 aliphatic rings. The van der Waals surface area contributed by atoms with E-state index in [0.717, 1.165) is 30.6 Å². The molecule has 2 amide bonds. The lowest BCUT2D eigenvalue weighted by molar-refractivity contribution is -0.140. The lowest BCUT2D eigenvalue weighted by Crippen LogP contribution is -2.53. The van der Waals surface area contributed by atoms with Crippen LogP contribution in [0.5, 0.6) is 0 Å². The Balaban J connectivity index is 2.03. The van der Waals surface area contributed by atoms with Crippen LogP contribution in [0.3, 0.4) is 0 Å². The second-order valence-corrected chi connectivity index (χ2v) is 13.5. The highest BCUT2D eigenvalue weighted by Crippen LogP contribution is 2.23. The van der Waals surface area contributed by atoms with Gasteiger partial charge >= 0.3 is 0 Å². The van der Waals surface area contributed by atoms with Crippen LogP contribution in [-0.2, 0) is 32.6 Å². The minimum absolute atomic E-state index is 0.136. The fourth-order valence-corrected chi connectivity index (χ4v) is 5.36. The molecule has 208 valence electrons. The van der Waals surface area contributed by atoms with Gasteiger partial charge in [-0.25, -0.2) is 8.42 Å². The van der Waals surface area contributed by atoms with Crippen molar-refractivity contribution in [1.29, 1.82) is 0 Å². The van der Waals surface area contributed by atoms with Crippen molar-refractivity contribution in [2.24, 2.45) is 5.92 Å². The Bertz CT molecular complexity index is 1350. The SMILES string of the molecule is CC(C)CNC(=O)C(Cc1ccccc1)N(Cc1ccc(Br)cc1)C(=O)CN(c1ccc(Br)cc1)S(C)(=O)=O. The molecule has 10 heteroatoms. The number of nitrogens with zero attached hydrogens (tertiary/aromatic N) is 2. The smallest absolute Gasteiger partial charge is 0.244 e. The topological polar surface area (TPSA) is 86.8 Å². The summed E-state index contributed by atoms with van der Waals surface area (Å²) >= 11 is 6.80. The number of benzene rings is 3. The quantitative estimate of drug-likeness (QED) is 0.278. The summed E-state index contributed by atoms with van der Waals surface area (Å²) in [5.41, 5.74) is 2.07. The normalized spacial score (nSPS) is 12.2. The number of hydrogen-bond donors (Lipinski definition) is 1. The first kappa shape index (κ1) is 30.8. The van der Waals surface area contributed by atoms with E-state index in [2.05, 4.69) is 37.2 Å². The fourth-order valence-electron chi connectivity index (χ4n) is 3.98. The third-order valence-corrected chi connectivity index (χ3v) is 8.21. The summed E-state index contributed by atoms with van der Waals surface area (Å²) in [6.07, 6.45) is 1.35. The molecule has 3 rings (SSSR count). The largest absolute Gasteiger partial charge is 0.354 e. The van der Waals surface area contributed by atoms with E-state index >= 15 is 0 Å². The average molecular weight is 679 g/mol. The summed E-state index contributed by atoms with van der Waals surface area (Å²) in [6.45, 7) is 4.15. The van der Waals surface area contributed by atoms with Gasteiger partial charge in [-0.05, 0) is 53.4 Å². The summed E-state index contributed by atoms with van der Waals surface area (Å²) in [5, 5.41) is 2.98. The van der Waals surface area contributed by atoms with Crippen molar-refractivity contribution in [3.05, 3.63) is 98.9 Å². The first-order valence-corrected chi connectivity index (χ1v) is 16.0. The molecular formula is C29H33Br2N3O4S. The number of carbonyl (C=O) groups excluding carboxylic acids is 2. The van der Waals surface area contributed by atoms with Crippen LogP contribution in [0.2, 0.25) is 0 Å². The van der Waals surface area contributed by atoms with Gasteiger partial charge in [0.2, 0.25) is 21.8 Å². The van der Waals surface area contributed by atoms with Gasteiger partial charge in [-0.3, -0.25) is 13.9 Å². The van der Waals surface area contributed by atoms with E-state index in [1.165, 1.54) is 4.90 Å². The van der Waals surface area contributed by atoms with Crippen LogP contribution >= 0.6 is 31.9 Å². The molecule has 0 aliphatic carbocycles. The molecule has 1 unspecified atom stereocenters. The van der Waals surface area contributed by atoms with E-state index in [9.17, 15) is 18.0 Å². The Morgan fingerprint density at radius 3 is 1.95 bits per heavy atom. The number of halogens is 2. The van der Waals surface area contributed by atoms with Crippen molar-refractivity contribution < 1.29 is 18.0 Å². The molecule has 1 N–H and O–H groups in total. The molecule has 0 bridgehead atoms. The van der Waals surface area contributed by atoms with E-state index in [1.807, 2.05) is 68.4 Å². The van der Waals surface area contributed by atoms with Crippen LogP contribution in [0.4, 0.5) is 5.69 Å². The second-order valence-electron chi connectivity index (χ2n) is 9.74. The van der Waals surface area contributed by atoms with Gasteiger partial charge < -0.3 is 10.2 Å². The average Bonchev–Trinajstić information content (AvgIpc) is 2.89. The van der Waals surface area contributed by atoms with Crippen LogP contribution in [0.15, 0.2) is 87.8 Å². The Hall–Kier alpha value is -2.69. The van der Waals surface area contributed by atoms with Gasteiger partial charge in [0.15, 0.2) is 0 Å². The van der Waals surface area contributed by atoms with Crippen molar-refractivity contribution >= 4 is 59.4 Å². The lowest BCUT2D eigenvalue weighted by Gasteiger charge is -2.33. The standard InChI is InChI=1S/C29H33Br2N3O4S/c1-21(2)18-32-29(36)27(17-22-7-5-4-6-8-22)33(19-23-9-11-24(30)12-10-23)28(35)20-34(39(3,37)38)26-15-13-25(31)14-16-26/h4-16,21,27H,17-20H2,1-3H3,(H,32,36). The summed E-state index contributed by atoms with van der Waals surface area (Å²) in [6, 6.07) is 22.8. The van der Waals surface area contributed by atoms with Crippen molar-refractivity contribution in [2.75, 3.05) is 23.7 Å². The molecule has 0 spiro atoms. The molecule has 3 aromatic rings. The van der Waals surface area contributed by atoms with Gasteiger partial charge in [-0.1, -0.05) is 88.2 Å².